The fraction of sp³-hybridized carbons (Fsp3) is 0.353. The van der Waals surface area contributed by atoms with E-state index in [-0.39, 0.29) is 12.3 Å². The van der Waals surface area contributed by atoms with Gasteiger partial charge in [-0.25, -0.2) is 4.68 Å². The summed E-state index contributed by atoms with van der Waals surface area (Å²) in [5.74, 6) is -1.06. The van der Waals surface area contributed by atoms with E-state index in [9.17, 15) is 9.59 Å². The maximum atomic E-state index is 12.4. The molecule has 0 atom stereocenters. The maximum Gasteiger partial charge on any atom is 0.303 e. The van der Waals surface area contributed by atoms with Gasteiger partial charge in [0.15, 0.2) is 5.69 Å². The Hall–Kier alpha value is -2.63. The molecule has 0 aliphatic heterocycles. The third-order valence-corrected chi connectivity index (χ3v) is 3.62. The van der Waals surface area contributed by atoms with Crippen LogP contribution in [0, 0.1) is 13.8 Å². The van der Waals surface area contributed by atoms with Crippen LogP contribution in [-0.4, -0.2) is 45.3 Å². The van der Waals surface area contributed by atoms with Crippen LogP contribution in [0.2, 0.25) is 0 Å². The number of rotatable bonds is 6. The number of carboxylic acids is 1. The minimum Gasteiger partial charge on any atom is -0.481 e. The number of aromatic nitrogens is 2. The van der Waals surface area contributed by atoms with Gasteiger partial charge in [0.1, 0.15) is 0 Å². The minimum absolute atomic E-state index is 0.0501. The number of aliphatic carboxylic acids is 1. The van der Waals surface area contributed by atoms with Crippen LogP contribution >= 0.6 is 0 Å². The highest BCUT2D eigenvalue weighted by Gasteiger charge is 2.17. The average molecular weight is 315 g/mol. The molecule has 1 N–H and O–H groups in total. The molecule has 6 nitrogen and oxygen atoms in total. The molecule has 0 unspecified atom stereocenters. The Morgan fingerprint density at radius 1 is 1.22 bits per heavy atom. The summed E-state index contributed by atoms with van der Waals surface area (Å²) >= 11 is 0. The molecule has 0 radical (unpaired) electrons. The van der Waals surface area contributed by atoms with Gasteiger partial charge < -0.3 is 10.0 Å². The van der Waals surface area contributed by atoms with Crippen molar-refractivity contribution >= 4 is 11.9 Å². The standard InChI is InChI=1S/C17H21N3O3/c1-12-6-8-14(9-7-12)20-13(2)11-15(18-20)17(23)19(3)10-4-5-16(21)22/h6-9,11H,4-5,10H2,1-3H3,(H,21,22). The topological polar surface area (TPSA) is 75.4 Å². The summed E-state index contributed by atoms with van der Waals surface area (Å²) in [4.78, 5) is 24.4. The first-order valence-electron chi connectivity index (χ1n) is 7.49. The molecule has 122 valence electrons. The van der Waals surface area contributed by atoms with Crippen LogP contribution in [0.1, 0.15) is 34.6 Å². The molecule has 23 heavy (non-hydrogen) atoms. The Bertz CT molecular complexity index is 704. The largest absolute Gasteiger partial charge is 0.481 e. The highest BCUT2D eigenvalue weighted by atomic mass is 16.4. The van der Waals surface area contributed by atoms with Gasteiger partial charge in [0.25, 0.3) is 5.91 Å². The number of aryl methyl sites for hydroxylation is 2. The Labute approximate surface area is 135 Å². The lowest BCUT2D eigenvalue weighted by atomic mass is 10.2. The predicted molar refractivity (Wildman–Crippen MR) is 86.9 cm³/mol. The normalized spacial score (nSPS) is 10.6. The van der Waals surface area contributed by atoms with Gasteiger partial charge in [-0.2, -0.15) is 5.10 Å². The number of carboxylic acid groups (broad SMARTS) is 1. The summed E-state index contributed by atoms with van der Waals surface area (Å²) < 4.78 is 1.73. The lowest BCUT2D eigenvalue weighted by molar-refractivity contribution is -0.137. The highest BCUT2D eigenvalue weighted by Crippen LogP contribution is 2.14. The number of hydrogen-bond acceptors (Lipinski definition) is 3. The first-order chi connectivity index (χ1) is 10.9. The Morgan fingerprint density at radius 3 is 2.48 bits per heavy atom. The van der Waals surface area contributed by atoms with Gasteiger partial charge in [-0.1, -0.05) is 17.7 Å². The number of carbonyl (C=O) groups excluding carboxylic acids is 1. The lowest BCUT2D eigenvalue weighted by Crippen LogP contribution is -2.28. The Kier molecular flexibility index (Phi) is 5.16. The second-order valence-electron chi connectivity index (χ2n) is 5.64. The van der Waals surface area contributed by atoms with Crippen molar-refractivity contribution in [2.45, 2.75) is 26.7 Å². The number of amides is 1. The second kappa shape index (κ2) is 7.09. The van der Waals surface area contributed by atoms with Gasteiger partial charge in [-0.15, -0.1) is 0 Å². The molecule has 1 amide bonds. The van der Waals surface area contributed by atoms with Gasteiger partial charge in [0, 0.05) is 25.7 Å². The summed E-state index contributed by atoms with van der Waals surface area (Å²) in [6.07, 6.45) is 0.476. The van der Waals surface area contributed by atoms with E-state index in [0.29, 0.717) is 18.7 Å². The molecule has 0 saturated heterocycles. The third kappa shape index (κ3) is 4.18. The fourth-order valence-electron chi connectivity index (χ4n) is 2.29. The van der Waals surface area contributed by atoms with Crippen molar-refractivity contribution in [2.24, 2.45) is 0 Å². The zero-order valence-corrected chi connectivity index (χ0v) is 13.6. The van der Waals surface area contributed by atoms with Gasteiger partial charge in [0.2, 0.25) is 0 Å². The van der Waals surface area contributed by atoms with Gasteiger partial charge >= 0.3 is 5.97 Å². The Morgan fingerprint density at radius 2 is 1.87 bits per heavy atom. The lowest BCUT2D eigenvalue weighted by Gasteiger charge is -2.14. The third-order valence-electron chi connectivity index (χ3n) is 3.62. The Balaban J connectivity index is 2.11. The summed E-state index contributed by atoms with van der Waals surface area (Å²) in [6, 6.07) is 9.65. The average Bonchev–Trinajstić information content (AvgIpc) is 2.88. The summed E-state index contributed by atoms with van der Waals surface area (Å²) in [7, 11) is 1.66. The first kappa shape index (κ1) is 16.7. The summed E-state index contributed by atoms with van der Waals surface area (Å²) in [5, 5.41) is 13.0. The van der Waals surface area contributed by atoms with E-state index in [1.54, 1.807) is 17.8 Å². The molecule has 0 spiro atoms. The van der Waals surface area contributed by atoms with E-state index in [2.05, 4.69) is 5.10 Å². The van der Waals surface area contributed by atoms with Crippen molar-refractivity contribution < 1.29 is 14.7 Å². The van der Waals surface area contributed by atoms with Crippen molar-refractivity contribution in [1.29, 1.82) is 0 Å². The molecule has 6 heteroatoms. The van der Waals surface area contributed by atoms with Crippen molar-refractivity contribution in [1.82, 2.24) is 14.7 Å². The molecule has 0 aliphatic carbocycles. The minimum atomic E-state index is -0.856. The number of hydrogen-bond donors (Lipinski definition) is 1. The van der Waals surface area contributed by atoms with Crippen LogP contribution in [0.5, 0.6) is 0 Å². The quantitative estimate of drug-likeness (QED) is 0.888. The van der Waals surface area contributed by atoms with E-state index >= 15 is 0 Å². The second-order valence-corrected chi connectivity index (χ2v) is 5.64. The van der Waals surface area contributed by atoms with E-state index in [1.165, 1.54) is 4.90 Å². The van der Waals surface area contributed by atoms with Crippen molar-refractivity contribution in [3.63, 3.8) is 0 Å². The molecule has 1 heterocycles. The number of carbonyl (C=O) groups is 2. The van der Waals surface area contributed by atoms with Crippen LogP contribution in [-0.2, 0) is 4.79 Å². The zero-order valence-electron chi connectivity index (χ0n) is 13.6. The van der Waals surface area contributed by atoms with Crippen molar-refractivity contribution in [3.05, 3.63) is 47.3 Å². The molecular formula is C17H21N3O3. The molecule has 1 aromatic carbocycles. The van der Waals surface area contributed by atoms with Crippen LogP contribution in [0.25, 0.3) is 5.69 Å². The maximum absolute atomic E-state index is 12.4. The molecule has 0 fully saturated rings. The van der Waals surface area contributed by atoms with Crippen molar-refractivity contribution in [3.8, 4) is 5.69 Å². The van der Waals surface area contributed by atoms with Crippen LogP contribution in [0.4, 0.5) is 0 Å². The van der Waals surface area contributed by atoms with Gasteiger partial charge in [0.05, 0.1) is 5.69 Å². The zero-order chi connectivity index (χ0) is 17.0. The summed E-state index contributed by atoms with van der Waals surface area (Å²) in [5.41, 5.74) is 3.30. The summed E-state index contributed by atoms with van der Waals surface area (Å²) in [6.45, 7) is 4.30. The molecule has 2 aromatic rings. The molecule has 0 aliphatic rings. The van der Waals surface area contributed by atoms with Crippen LogP contribution in [0.3, 0.4) is 0 Å². The molecule has 0 saturated carbocycles. The van der Waals surface area contributed by atoms with E-state index in [4.69, 9.17) is 5.11 Å². The van der Waals surface area contributed by atoms with Crippen molar-refractivity contribution in [2.75, 3.05) is 13.6 Å². The van der Waals surface area contributed by atoms with Crippen LogP contribution in [0.15, 0.2) is 30.3 Å². The molecular weight excluding hydrogens is 294 g/mol. The number of benzene rings is 1. The molecule has 2 rings (SSSR count). The molecule has 0 bridgehead atoms. The van der Waals surface area contributed by atoms with Crippen LogP contribution < -0.4 is 0 Å². The number of nitrogens with zero attached hydrogens (tertiary/aromatic N) is 3. The molecule has 1 aromatic heterocycles. The van der Waals surface area contributed by atoms with E-state index in [0.717, 1.165) is 16.9 Å². The van der Waals surface area contributed by atoms with Gasteiger partial charge in [-0.3, -0.25) is 9.59 Å². The van der Waals surface area contributed by atoms with Gasteiger partial charge in [-0.05, 0) is 38.5 Å². The predicted octanol–water partition coefficient (Wildman–Crippen LogP) is 2.43. The SMILES string of the molecule is Cc1ccc(-n2nc(C(=O)N(C)CCCC(=O)O)cc2C)cc1. The van der Waals surface area contributed by atoms with E-state index < -0.39 is 5.97 Å². The van der Waals surface area contributed by atoms with E-state index in [1.807, 2.05) is 38.1 Å². The fourth-order valence-corrected chi connectivity index (χ4v) is 2.29. The highest BCUT2D eigenvalue weighted by molar-refractivity contribution is 5.92. The first-order valence-corrected chi connectivity index (χ1v) is 7.49. The smallest absolute Gasteiger partial charge is 0.303 e. The monoisotopic (exact) mass is 315 g/mol.